The third-order valence-corrected chi connectivity index (χ3v) is 6.15. The highest BCUT2D eigenvalue weighted by Crippen LogP contribution is 2.36. The second-order valence-electron chi connectivity index (χ2n) is 8.90. The van der Waals surface area contributed by atoms with Gasteiger partial charge in [0.1, 0.15) is 0 Å². The Balaban J connectivity index is 1.58. The molecule has 0 radical (unpaired) electrons. The van der Waals surface area contributed by atoms with Crippen LogP contribution < -0.4 is 4.90 Å². The number of amides is 1. The minimum Gasteiger partial charge on any atom is -0.480 e. The second-order valence-corrected chi connectivity index (χ2v) is 8.90. The molecule has 202 valence electrons. The Morgan fingerprint density at radius 2 is 1.47 bits per heavy atom. The Morgan fingerprint density at radius 1 is 0.917 bits per heavy atom. The molecule has 0 atom stereocenters. The first kappa shape index (κ1) is 27.8. The predicted molar refractivity (Wildman–Crippen MR) is 117 cm³/mol. The molecule has 1 N–H and O–H groups in total. The summed E-state index contributed by atoms with van der Waals surface area (Å²) in [6.45, 7) is 5.23. The minimum absolute atomic E-state index is 0.0199. The van der Waals surface area contributed by atoms with Crippen LogP contribution in [0.25, 0.3) is 0 Å². The van der Waals surface area contributed by atoms with Crippen molar-refractivity contribution in [2.75, 3.05) is 63.8 Å². The average molecular weight is 526 g/mol. The van der Waals surface area contributed by atoms with E-state index in [2.05, 4.69) is 9.64 Å². The van der Waals surface area contributed by atoms with Gasteiger partial charge in [0.05, 0.1) is 6.54 Å². The molecule has 0 unspecified atom stereocenters. The van der Waals surface area contributed by atoms with Crippen molar-refractivity contribution in [3.63, 3.8) is 0 Å². The summed E-state index contributed by atoms with van der Waals surface area (Å²) in [6, 6.07) is 5.94. The number of halogens is 6. The Kier molecular flexibility index (Phi) is 8.59. The van der Waals surface area contributed by atoms with E-state index < -0.39 is 30.5 Å². The van der Waals surface area contributed by atoms with Gasteiger partial charge in [-0.25, -0.2) is 4.79 Å². The smallest absolute Gasteiger partial charge is 0.434 e. The SMILES string of the molecule is Cc1ccc(CN2CCN(C(=O)OC(C(F)(F)F)C(F)(F)F)CC2)c(N2CCN(CC(=O)O)CC2)c1. The van der Waals surface area contributed by atoms with E-state index in [-0.39, 0.29) is 32.7 Å². The molecule has 14 heteroatoms. The molecule has 2 fully saturated rings. The molecule has 0 aliphatic carbocycles. The number of carbonyl (C=O) groups excluding carboxylic acids is 1. The van der Waals surface area contributed by atoms with E-state index in [1.807, 2.05) is 34.9 Å². The summed E-state index contributed by atoms with van der Waals surface area (Å²) in [5.41, 5.74) is 3.01. The number of anilines is 1. The zero-order valence-corrected chi connectivity index (χ0v) is 19.6. The second kappa shape index (κ2) is 11.1. The van der Waals surface area contributed by atoms with Crippen LogP contribution in [0.5, 0.6) is 0 Å². The Labute approximate surface area is 204 Å². The Morgan fingerprint density at radius 3 is 2.00 bits per heavy atom. The lowest BCUT2D eigenvalue weighted by Crippen LogP contribution is -2.52. The van der Waals surface area contributed by atoms with E-state index in [1.165, 1.54) is 0 Å². The van der Waals surface area contributed by atoms with Gasteiger partial charge in [0.25, 0.3) is 6.10 Å². The fourth-order valence-electron chi connectivity index (χ4n) is 4.26. The number of benzene rings is 1. The van der Waals surface area contributed by atoms with Gasteiger partial charge in [0, 0.05) is 64.6 Å². The first-order valence-corrected chi connectivity index (χ1v) is 11.3. The van der Waals surface area contributed by atoms with Gasteiger partial charge in [-0.2, -0.15) is 26.3 Å². The van der Waals surface area contributed by atoms with Crippen molar-refractivity contribution in [2.45, 2.75) is 31.9 Å². The summed E-state index contributed by atoms with van der Waals surface area (Å²) < 4.78 is 79.9. The zero-order valence-electron chi connectivity index (χ0n) is 19.6. The van der Waals surface area contributed by atoms with Crippen LogP contribution in [-0.2, 0) is 16.1 Å². The van der Waals surface area contributed by atoms with E-state index in [9.17, 15) is 35.9 Å². The van der Waals surface area contributed by atoms with Crippen LogP contribution >= 0.6 is 0 Å². The normalized spacial score (nSPS) is 18.6. The lowest BCUT2D eigenvalue weighted by molar-refractivity contribution is -0.308. The van der Waals surface area contributed by atoms with Gasteiger partial charge in [0.15, 0.2) is 0 Å². The summed E-state index contributed by atoms with van der Waals surface area (Å²) >= 11 is 0. The molecule has 2 aliphatic rings. The number of carboxylic acids is 1. The number of rotatable bonds is 6. The number of carboxylic acid groups (broad SMARTS) is 1. The van der Waals surface area contributed by atoms with Crippen LogP contribution in [0, 0.1) is 6.92 Å². The van der Waals surface area contributed by atoms with Crippen LogP contribution in [0.15, 0.2) is 18.2 Å². The molecular weight excluding hydrogens is 498 g/mol. The van der Waals surface area contributed by atoms with E-state index in [4.69, 9.17) is 5.11 Å². The van der Waals surface area contributed by atoms with E-state index in [0.717, 1.165) is 21.7 Å². The molecule has 0 saturated carbocycles. The first-order valence-electron chi connectivity index (χ1n) is 11.3. The van der Waals surface area contributed by atoms with Crippen LogP contribution in [0.1, 0.15) is 11.1 Å². The predicted octanol–water partition coefficient (Wildman–Crippen LogP) is 2.95. The molecule has 36 heavy (non-hydrogen) atoms. The molecule has 3 rings (SSSR count). The van der Waals surface area contributed by atoms with Gasteiger partial charge in [-0.15, -0.1) is 0 Å². The first-order chi connectivity index (χ1) is 16.7. The van der Waals surface area contributed by atoms with E-state index in [0.29, 0.717) is 32.7 Å². The van der Waals surface area contributed by atoms with Crippen LogP contribution in [0.2, 0.25) is 0 Å². The summed E-state index contributed by atoms with van der Waals surface area (Å²) in [5.74, 6) is -0.880. The fraction of sp³-hybridized carbons (Fsp3) is 0.636. The molecule has 8 nitrogen and oxygen atoms in total. The Hall–Kier alpha value is -2.74. The monoisotopic (exact) mass is 526 g/mol. The molecular formula is C22H28F6N4O4. The van der Waals surface area contributed by atoms with Gasteiger partial charge in [-0.05, 0) is 24.1 Å². The topological polar surface area (TPSA) is 76.6 Å². The van der Waals surface area contributed by atoms with Gasteiger partial charge in [-0.1, -0.05) is 12.1 Å². The van der Waals surface area contributed by atoms with Crippen LogP contribution in [0.4, 0.5) is 36.8 Å². The largest absolute Gasteiger partial charge is 0.480 e. The maximum absolute atomic E-state index is 12.7. The third-order valence-electron chi connectivity index (χ3n) is 6.15. The van der Waals surface area contributed by atoms with Gasteiger partial charge in [-0.3, -0.25) is 14.6 Å². The molecule has 1 aromatic rings. The molecule has 0 aromatic heterocycles. The van der Waals surface area contributed by atoms with Crippen molar-refractivity contribution in [3.05, 3.63) is 29.3 Å². The van der Waals surface area contributed by atoms with Crippen molar-refractivity contribution in [1.82, 2.24) is 14.7 Å². The van der Waals surface area contributed by atoms with Gasteiger partial charge >= 0.3 is 24.4 Å². The number of piperazine rings is 2. The summed E-state index contributed by atoms with van der Waals surface area (Å²) in [5, 5.41) is 8.99. The number of alkyl halides is 6. The van der Waals surface area contributed by atoms with Crippen molar-refractivity contribution < 1.29 is 45.8 Å². The van der Waals surface area contributed by atoms with Crippen LogP contribution in [-0.4, -0.2) is 109 Å². The number of aliphatic carboxylic acids is 1. The van der Waals surface area contributed by atoms with Crippen LogP contribution in [0.3, 0.4) is 0 Å². The number of aryl methyl sites for hydroxylation is 1. The molecule has 2 saturated heterocycles. The number of ether oxygens (including phenoxy) is 1. The van der Waals surface area contributed by atoms with Gasteiger partial charge in [0.2, 0.25) is 0 Å². The quantitative estimate of drug-likeness (QED) is 0.572. The number of carbonyl (C=O) groups is 2. The summed E-state index contributed by atoms with van der Waals surface area (Å²) in [6.07, 6.45) is -17.3. The van der Waals surface area contributed by atoms with Gasteiger partial charge < -0.3 is 19.6 Å². The highest BCUT2D eigenvalue weighted by Gasteiger charge is 2.60. The number of nitrogens with zero attached hydrogens (tertiary/aromatic N) is 4. The molecule has 0 bridgehead atoms. The molecule has 0 spiro atoms. The molecule has 1 amide bonds. The standard InChI is InChI=1S/C22H28F6N4O4/c1-15-2-3-16(17(12-15)31-8-4-30(5-9-31)14-18(33)34)13-29-6-10-32(11-7-29)20(35)36-19(21(23,24)25)22(26,27)28/h2-3,12,19H,4-11,13-14H2,1H3,(H,33,34). The summed E-state index contributed by atoms with van der Waals surface area (Å²) in [4.78, 5) is 29.8. The molecule has 1 aromatic carbocycles. The minimum atomic E-state index is -5.75. The van der Waals surface area contributed by atoms with E-state index >= 15 is 0 Å². The summed E-state index contributed by atoms with van der Waals surface area (Å²) in [7, 11) is 0. The number of hydrogen-bond donors (Lipinski definition) is 1. The lowest BCUT2D eigenvalue weighted by Gasteiger charge is -2.38. The van der Waals surface area contributed by atoms with Crippen molar-refractivity contribution >= 4 is 17.7 Å². The Bertz CT molecular complexity index is 912. The van der Waals surface area contributed by atoms with Crippen molar-refractivity contribution in [1.29, 1.82) is 0 Å². The molecule has 2 aliphatic heterocycles. The third kappa shape index (κ3) is 7.38. The average Bonchev–Trinajstić information content (AvgIpc) is 2.77. The molecule has 2 heterocycles. The highest BCUT2D eigenvalue weighted by molar-refractivity contribution is 5.69. The van der Waals surface area contributed by atoms with E-state index in [1.54, 1.807) is 0 Å². The van der Waals surface area contributed by atoms with Crippen molar-refractivity contribution in [3.8, 4) is 0 Å². The van der Waals surface area contributed by atoms with Crippen molar-refractivity contribution in [2.24, 2.45) is 0 Å². The maximum atomic E-state index is 12.7. The number of hydrogen-bond acceptors (Lipinski definition) is 6. The highest BCUT2D eigenvalue weighted by atomic mass is 19.4. The zero-order chi connectivity index (χ0) is 26.7. The lowest BCUT2D eigenvalue weighted by atomic mass is 10.1. The maximum Gasteiger partial charge on any atom is 0.434 e. The fourth-order valence-corrected chi connectivity index (χ4v) is 4.26.